The van der Waals surface area contributed by atoms with Crippen LogP contribution in [0.15, 0.2) is 24.3 Å². The fourth-order valence-electron chi connectivity index (χ4n) is 4.00. The highest BCUT2D eigenvalue weighted by molar-refractivity contribution is 5.69. The second-order valence-corrected chi connectivity index (χ2v) is 12.2. The highest BCUT2D eigenvalue weighted by Crippen LogP contribution is 2.41. The summed E-state index contributed by atoms with van der Waals surface area (Å²) >= 11 is 0. The molecule has 0 radical (unpaired) electrons. The quantitative estimate of drug-likeness (QED) is 0.494. The molecule has 2 rings (SSSR count). The molecule has 2 N–H and O–H groups in total. The molecule has 4 heteroatoms. The third-order valence-corrected chi connectivity index (χ3v) is 6.15. The van der Waals surface area contributed by atoms with Crippen molar-refractivity contribution in [3.63, 3.8) is 0 Å². The van der Waals surface area contributed by atoms with E-state index in [9.17, 15) is 15.0 Å². The molecule has 0 spiro atoms. The van der Waals surface area contributed by atoms with Crippen LogP contribution in [-0.4, -0.2) is 23.3 Å². The molecule has 0 saturated heterocycles. The lowest BCUT2D eigenvalue weighted by atomic mass is 9.78. The molecule has 0 heterocycles. The molecule has 0 amide bonds. The van der Waals surface area contributed by atoms with Gasteiger partial charge in [0.25, 0.3) is 0 Å². The minimum Gasteiger partial charge on any atom is -0.507 e. The van der Waals surface area contributed by atoms with Gasteiger partial charge in [-0.1, -0.05) is 86.6 Å². The smallest absolute Gasteiger partial charge is 0.305 e. The first kappa shape index (κ1) is 26.8. The Kier molecular flexibility index (Phi) is 7.62. The summed E-state index contributed by atoms with van der Waals surface area (Å²) in [6, 6.07) is 8.09. The Morgan fingerprint density at radius 1 is 0.758 bits per heavy atom. The van der Waals surface area contributed by atoms with E-state index >= 15 is 0 Å². The molecule has 4 nitrogen and oxygen atoms in total. The van der Waals surface area contributed by atoms with Crippen molar-refractivity contribution >= 4 is 5.97 Å². The fraction of sp³-hybridized carbons (Fsp3) is 0.552. The monoisotopic (exact) mass is 454 g/mol. The van der Waals surface area contributed by atoms with Gasteiger partial charge in [0.2, 0.25) is 0 Å². The molecule has 2 aromatic rings. The van der Waals surface area contributed by atoms with Crippen LogP contribution >= 0.6 is 0 Å². The second kappa shape index (κ2) is 9.40. The predicted molar refractivity (Wildman–Crippen MR) is 135 cm³/mol. The molecule has 0 aliphatic rings. The number of hydrogen-bond donors (Lipinski definition) is 2. The summed E-state index contributed by atoms with van der Waals surface area (Å²) in [4.78, 5) is 11.7. The van der Waals surface area contributed by atoms with Crippen molar-refractivity contribution in [1.29, 1.82) is 0 Å². The van der Waals surface area contributed by atoms with Crippen LogP contribution in [0.25, 0.3) is 0 Å². The number of hydrogen-bond acceptors (Lipinski definition) is 4. The molecule has 0 aliphatic carbocycles. The average molecular weight is 455 g/mol. The van der Waals surface area contributed by atoms with Gasteiger partial charge in [0, 0.05) is 12.8 Å². The summed E-state index contributed by atoms with van der Waals surface area (Å²) in [7, 11) is 1.39. The van der Waals surface area contributed by atoms with Crippen molar-refractivity contribution in [2.24, 2.45) is 0 Å². The number of phenolic OH excluding ortho intramolecular Hbond substituents is 2. The molecule has 0 bridgehead atoms. The maximum atomic E-state index is 11.7. The van der Waals surface area contributed by atoms with Gasteiger partial charge in [-0.2, -0.15) is 0 Å². The molecule has 182 valence electrons. The summed E-state index contributed by atoms with van der Waals surface area (Å²) < 4.78 is 4.80. The average Bonchev–Trinajstić information content (AvgIpc) is 2.66. The zero-order valence-electron chi connectivity index (χ0n) is 22.1. The van der Waals surface area contributed by atoms with Gasteiger partial charge in [-0.15, -0.1) is 0 Å². The third-order valence-electron chi connectivity index (χ3n) is 6.15. The Morgan fingerprint density at radius 2 is 1.24 bits per heavy atom. The lowest BCUT2D eigenvalue weighted by Gasteiger charge is -2.28. The zero-order valence-corrected chi connectivity index (χ0v) is 22.1. The van der Waals surface area contributed by atoms with Crippen LogP contribution in [0.1, 0.15) is 102 Å². The van der Waals surface area contributed by atoms with E-state index < -0.39 is 0 Å². The largest absolute Gasteiger partial charge is 0.507 e. The topological polar surface area (TPSA) is 66.8 Å². The molecule has 0 aromatic heterocycles. The van der Waals surface area contributed by atoms with Crippen LogP contribution in [0, 0.1) is 0 Å². The molecule has 0 fully saturated rings. The summed E-state index contributed by atoms with van der Waals surface area (Å²) in [5.74, 6) is 0.279. The molecular formula is C29H42O4. The normalized spacial score (nSPS) is 12.7. The Hall–Kier alpha value is -2.49. The first-order valence-electron chi connectivity index (χ1n) is 11.7. The maximum absolute atomic E-state index is 11.7. The van der Waals surface area contributed by atoms with Gasteiger partial charge in [0.1, 0.15) is 11.5 Å². The van der Waals surface area contributed by atoms with Gasteiger partial charge in [-0.3, -0.25) is 4.79 Å². The third kappa shape index (κ3) is 6.52. The van der Waals surface area contributed by atoms with Crippen molar-refractivity contribution in [1.82, 2.24) is 0 Å². The first-order valence-corrected chi connectivity index (χ1v) is 11.7. The van der Waals surface area contributed by atoms with Gasteiger partial charge in [0.05, 0.1) is 7.11 Å². The number of carbonyl (C=O) groups excluding carboxylic acids is 1. The Labute approximate surface area is 200 Å². The second-order valence-electron chi connectivity index (χ2n) is 12.2. The molecule has 0 saturated carbocycles. The van der Waals surface area contributed by atoms with E-state index in [4.69, 9.17) is 4.74 Å². The van der Waals surface area contributed by atoms with Crippen molar-refractivity contribution < 1.29 is 19.7 Å². The molecule has 2 aromatic carbocycles. The van der Waals surface area contributed by atoms with Crippen molar-refractivity contribution in [3.8, 4) is 11.5 Å². The maximum Gasteiger partial charge on any atom is 0.305 e. The van der Waals surface area contributed by atoms with Gasteiger partial charge in [-0.05, 0) is 56.0 Å². The standard InChI is InChI=1S/C29H42O4/c1-27(2,3)21-16-20(26(32)23(17-21)29(7,8)9)15-19-13-18(11-12-24(30)33-10)14-22(25(19)31)28(4,5)6/h13-14,16-17,31-32H,11-12,15H2,1-10H3. The number of ether oxygens (including phenoxy) is 1. The van der Waals surface area contributed by atoms with Gasteiger partial charge >= 0.3 is 5.97 Å². The highest BCUT2D eigenvalue weighted by atomic mass is 16.5. The van der Waals surface area contributed by atoms with E-state index in [2.05, 4.69) is 74.4 Å². The van der Waals surface area contributed by atoms with E-state index in [-0.39, 0.29) is 40.1 Å². The summed E-state index contributed by atoms with van der Waals surface area (Å²) in [6.45, 7) is 19.0. The van der Waals surface area contributed by atoms with Crippen LogP contribution in [-0.2, 0) is 38.6 Å². The lowest BCUT2D eigenvalue weighted by Crippen LogP contribution is -2.18. The summed E-state index contributed by atoms with van der Waals surface area (Å²) in [5.41, 5.74) is 4.84. The summed E-state index contributed by atoms with van der Waals surface area (Å²) in [6.07, 6.45) is 1.22. The zero-order chi connectivity index (χ0) is 25.4. The van der Waals surface area contributed by atoms with Crippen LogP contribution in [0.5, 0.6) is 11.5 Å². The lowest BCUT2D eigenvalue weighted by molar-refractivity contribution is -0.140. The molecular weight excluding hydrogens is 412 g/mol. The molecule has 33 heavy (non-hydrogen) atoms. The number of aromatic hydroxyl groups is 2. The minimum absolute atomic E-state index is 0.0799. The Balaban J connectivity index is 2.67. The SMILES string of the molecule is COC(=O)CCc1cc(Cc2cc(C(C)(C)C)cc(C(C)(C)C)c2O)c(O)c(C(C)(C)C)c1. The van der Waals surface area contributed by atoms with Crippen molar-refractivity contribution in [2.75, 3.05) is 7.11 Å². The van der Waals surface area contributed by atoms with Crippen LogP contribution < -0.4 is 0 Å². The first-order chi connectivity index (χ1) is 14.9. The predicted octanol–water partition coefficient (Wildman–Crippen LogP) is 6.69. The fourth-order valence-corrected chi connectivity index (χ4v) is 4.00. The number of esters is 1. The van der Waals surface area contributed by atoms with E-state index in [1.54, 1.807) is 0 Å². The number of phenols is 2. The van der Waals surface area contributed by atoms with E-state index in [1.165, 1.54) is 7.11 Å². The van der Waals surface area contributed by atoms with Crippen LogP contribution in [0.2, 0.25) is 0 Å². The molecule has 0 aliphatic heterocycles. The number of benzene rings is 2. The Bertz CT molecular complexity index is 1010. The van der Waals surface area contributed by atoms with E-state index in [0.29, 0.717) is 12.8 Å². The number of rotatable bonds is 5. The molecule has 0 atom stereocenters. The van der Waals surface area contributed by atoms with Crippen molar-refractivity contribution in [3.05, 3.63) is 57.6 Å². The number of aryl methyl sites for hydroxylation is 1. The van der Waals surface area contributed by atoms with Crippen LogP contribution in [0.3, 0.4) is 0 Å². The van der Waals surface area contributed by atoms with E-state index in [0.717, 1.165) is 33.4 Å². The Morgan fingerprint density at radius 3 is 1.70 bits per heavy atom. The minimum atomic E-state index is -0.272. The number of methoxy groups -OCH3 is 1. The van der Waals surface area contributed by atoms with Crippen molar-refractivity contribution in [2.45, 2.75) is 97.8 Å². The van der Waals surface area contributed by atoms with Gasteiger partial charge < -0.3 is 14.9 Å². The number of carbonyl (C=O) groups is 1. The van der Waals surface area contributed by atoms with Crippen LogP contribution in [0.4, 0.5) is 0 Å². The van der Waals surface area contributed by atoms with Gasteiger partial charge in [0.15, 0.2) is 0 Å². The highest BCUT2D eigenvalue weighted by Gasteiger charge is 2.27. The summed E-state index contributed by atoms with van der Waals surface area (Å²) in [5, 5.41) is 22.4. The molecule has 0 unspecified atom stereocenters. The van der Waals surface area contributed by atoms with E-state index in [1.807, 2.05) is 12.1 Å². The van der Waals surface area contributed by atoms with Gasteiger partial charge in [-0.25, -0.2) is 0 Å².